The number of nitrogens with zero attached hydrogens (tertiary/aromatic N) is 1. The Hall–Kier alpha value is -2.55. The summed E-state index contributed by atoms with van der Waals surface area (Å²) in [6, 6.07) is 14.8. The number of benzene rings is 2. The SMILES string of the molecule is CC(C)C[C@H](CO)N1C(=O)[C@@H]2[C@H](C(=O)Nc3ccccc3)[C@@H]3CCC2(S3)C1C(=O)Nc1ccc(Cl)cc1. The van der Waals surface area contributed by atoms with Gasteiger partial charge in [-0.2, -0.15) is 0 Å². The maximum Gasteiger partial charge on any atom is 0.248 e. The fourth-order valence-electron chi connectivity index (χ4n) is 6.40. The minimum absolute atomic E-state index is 0.0386. The number of carbonyl (C=O) groups is 3. The first-order valence-electron chi connectivity index (χ1n) is 12.8. The number of rotatable bonds is 8. The highest BCUT2D eigenvalue weighted by Crippen LogP contribution is 2.66. The first-order valence-corrected chi connectivity index (χ1v) is 14.0. The van der Waals surface area contributed by atoms with Crippen LogP contribution in [0.25, 0.3) is 0 Å². The van der Waals surface area contributed by atoms with Gasteiger partial charge in [0.1, 0.15) is 6.04 Å². The zero-order valence-electron chi connectivity index (χ0n) is 20.9. The second-order valence-corrected chi connectivity index (χ2v) is 12.7. The molecule has 0 saturated carbocycles. The molecule has 3 fully saturated rings. The number of fused-ring (bicyclic) bond motifs is 1. The fraction of sp³-hybridized carbons (Fsp3) is 0.464. The third-order valence-corrected chi connectivity index (χ3v) is 9.99. The highest BCUT2D eigenvalue weighted by atomic mass is 35.5. The van der Waals surface area contributed by atoms with Crippen LogP contribution in [0.3, 0.4) is 0 Å². The smallest absolute Gasteiger partial charge is 0.248 e. The van der Waals surface area contributed by atoms with E-state index in [0.717, 1.165) is 6.42 Å². The Morgan fingerprint density at radius 1 is 1.08 bits per heavy atom. The molecule has 3 aliphatic rings. The molecule has 2 bridgehead atoms. The van der Waals surface area contributed by atoms with Gasteiger partial charge in [0, 0.05) is 21.6 Å². The molecule has 1 spiro atoms. The van der Waals surface area contributed by atoms with Crippen LogP contribution >= 0.6 is 23.4 Å². The molecule has 196 valence electrons. The largest absolute Gasteiger partial charge is 0.394 e. The number of likely N-dealkylation sites (tertiary alicyclic amines) is 1. The van der Waals surface area contributed by atoms with Crippen molar-refractivity contribution in [2.24, 2.45) is 17.8 Å². The molecule has 2 aromatic carbocycles. The van der Waals surface area contributed by atoms with Crippen LogP contribution in [0.15, 0.2) is 54.6 Å². The Morgan fingerprint density at radius 3 is 2.38 bits per heavy atom. The average molecular weight is 542 g/mol. The van der Waals surface area contributed by atoms with Crippen molar-refractivity contribution in [2.45, 2.75) is 55.2 Å². The number of nitrogens with one attached hydrogen (secondary N) is 2. The number of thioether (sulfide) groups is 1. The lowest BCUT2D eigenvalue weighted by atomic mass is 9.70. The first kappa shape index (κ1) is 26.1. The molecule has 2 aromatic rings. The molecule has 5 rings (SSSR count). The Labute approximate surface area is 226 Å². The van der Waals surface area contributed by atoms with Gasteiger partial charge in [-0.1, -0.05) is 43.6 Å². The van der Waals surface area contributed by atoms with Crippen molar-refractivity contribution < 1.29 is 19.5 Å². The summed E-state index contributed by atoms with van der Waals surface area (Å²) in [6.07, 6.45) is 1.99. The molecule has 3 N–H and O–H groups in total. The van der Waals surface area contributed by atoms with E-state index in [-0.39, 0.29) is 35.5 Å². The molecule has 3 heterocycles. The number of para-hydroxylation sites is 1. The maximum atomic E-state index is 14.2. The van der Waals surface area contributed by atoms with E-state index in [2.05, 4.69) is 10.6 Å². The van der Waals surface area contributed by atoms with Gasteiger partial charge in [0.05, 0.1) is 29.2 Å². The molecule has 0 aliphatic carbocycles. The van der Waals surface area contributed by atoms with Gasteiger partial charge in [-0.05, 0) is 61.6 Å². The Kier molecular flexibility index (Phi) is 7.27. The van der Waals surface area contributed by atoms with E-state index in [1.54, 1.807) is 40.9 Å². The van der Waals surface area contributed by atoms with Crippen molar-refractivity contribution in [3.8, 4) is 0 Å². The normalized spacial score (nSPS) is 28.9. The van der Waals surface area contributed by atoms with Crippen molar-refractivity contribution >= 4 is 52.5 Å². The minimum Gasteiger partial charge on any atom is -0.394 e. The zero-order chi connectivity index (χ0) is 26.3. The monoisotopic (exact) mass is 541 g/mol. The standard InChI is InChI=1S/C28H32ClN3O4S/c1-16(2)14-20(15-33)32-24(26(35)31-19-10-8-17(29)9-11-19)28-13-12-21(37-28)22(23(28)27(32)36)25(34)30-18-6-4-3-5-7-18/h3-11,16,20-24,33H,12-15H2,1-2H3,(H,30,34)(H,31,35)/t20-,21+,22-,23+,24?,28?/m1/s1. The van der Waals surface area contributed by atoms with Gasteiger partial charge in [0.25, 0.3) is 0 Å². The van der Waals surface area contributed by atoms with Crippen LogP contribution < -0.4 is 10.6 Å². The number of amides is 3. The number of carbonyl (C=O) groups excluding carboxylic acids is 3. The molecular formula is C28H32ClN3O4S. The molecule has 6 atom stereocenters. The first-order chi connectivity index (χ1) is 17.7. The van der Waals surface area contributed by atoms with Gasteiger partial charge in [-0.3, -0.25) is 14.4 Å². The highest BCUT2D eigenvalue weighted by molar-refractivity contribution is 8.02. The van der Waals surface area contributed by atoms with Crippen LogP contribution in [-0.2, 0) is 14.4 Å². The van der Waals surface area contributed by atoms with E-state index < -0.39 is 28.7 Å². The van der Waals surface area contributed by atoms with E-state index in [1.165, 1.54) is 0 Å². The predicted molar refractivity (Wildman–Crippen MR) is 146 cm³/mol. The van der Waals surface area contributed by atoms with Gasteiger partial charge in [0.15, 0.2) is 0 Å². The highest BCUT2D eigenvalue weighted by Gasteiger charge is 2.74. The van der Waals surface area contributed by atoms with Gasteiger partial charge in [-0.15, -0.1) is 11.8 Å². The summed E-state index contributed by atoms with van der Waals surface area (Å²) >= 11 is 7.63. The quantitative estimate of drug-likeness (QED) is 0.459. The molecular weight excluding hydrogens is 510 g/mol. The van der Waals surface area contributed by atoms with E-state index in [0.29, 0.717) is 29.2 Å². The summed E-state index contributed by atoms with van der Waals surface area (Å²) in [5, 5.41) is 16.8. The number of hydrogen-bond acceptors (Lipinski definition) is 5. The summed E-state index contributed by atoms with van der Waals surface area (Å²) in [5.74, 6) is -1.64. The maximum absolute atomic E-state index is 14.2. The van der Waals surface area contributed by atoms with Crippen LogP contribution in [0, 0.1) is 17.8 Å². The number of anilines is 2. The number of aliphatic hydroxyl groups excluding tert-OH is 1. The number of aliphatic hydroxyl groups is 1. The molecule has 2 unspecified atom stereocenters. The lowest BCUT2D eigenvalue weighted by Gasteiger charge is -2.37. The lowest BCUT2D eigenvalue weighted by Crippen LogP contribution is -2.55. The Morgan fingerprint density at radius 2 is 1.73 bits per heavy atom. The fourth-order valence-corrected chi connectivity index (χ4v) is 8.73. The molecule has 0 aromatic heterocycles. The van der Waals surface area contributed by atoms with E-state index in [1.807, 2.05) is 44.2 Å². The summed E-state index contributed by atoms with van der Waals surface area (Å²) in [5.41, 5.74) is 1.27. The number of hydrogen-bond donors (Lipinski definition) is 3. The molecule has 9 heteroatoms. The molecule has 3 saturated heterocycles. The van der Waals surface area contributed by atoms with Crippen LogP contribution in [0.2, 0.25) is 5.02 Å². The minimum atomic E-state index is -0.791. The van der Waals surface area contributed by atoms with Crippen LogP contribution in [0.4, 0.5) is 11.4 Å². The third-order valence-electron chi connectivity index (χ3n) is 7.79. The second kappa shape index (κ2) is 10.3. The summed E-state index contributed by atoms with van der Waals surface area (Å²) in [4.78, 5) is 43.2. The zero-order valence-corrected chi connectivity index (χ0v) is 22.5. The van der Waals surface area contributed by atoms with Crippen LogP contribution in [0.1, 0.15) is 33.1 Å². The summed E-state index contributed by atoms with van der Waals surface area (Å²) < 4.78 is -0.721. The predicted octanol–water partition coefficient (Wildman–Crippen LogP) is 4.42. The molecule has 3 amide bonds. The van der Waals surface area contributed by atoms with Gasteiger partial charge >= 0.3 is 0 Å². The van der Waals surface area contributed by atoms with Crippen LogP contribution in [-0.4, -0.2) is 56.4 Å². The summed E-state index contributed by atoms with van der Waals surface area (Å²) in [7, 11) is 0. The Balaban J connectivity index is 1.50. The third kappa shape index (κ3) is 4.64. The lowest BCUT2D eigenvalue weighted by molar-refractivity contribution is -0.141. The van der Waals surface area contributed by atoms with E-state index in [9.17, 15) is 19.5 Å². The van der Waals surface area contributed by atoms with E-state index in [4.69, 9.17) is 11.6 Å². The Bertz CT molecular complexity index is 1180. The molecule has 0 radical (unpaired) electrons. The van der Waals surface area contributed by atoms with Crippen LogP contribution in [0.5, 0.6) is 0 Å². The summed E-state index contributed by atoms with van der Waals surface area (Å²) in [6.45, 7) is 3.82. The topological polar surface area (TPSA) is 98.7 Å². The van der Waals surface area contributed by atoms with Gasteiger partial charge in [-0.25, -0.2) is 0 Å². The molecule has 3 aliphatic heterocycles. The van der Waals surface area contributed by atoms with Gasteiger partial charge < -0.3 is 20.6 Å². The van der Waals surface area contributed by atoms with Crippen molar-refractivity contribution in [3.05, 3.63) is 59.6 Å². The van der Waals surface area contributed by atoms with Crippen molar-refractivity contribution in [1.29, 1.82) is 0 Å². The van der Waals surface area contributed by atoms with Crippen molar-refractivity contribution in [3.63, 3.8) is 0 Å². The molecule has 37 heavy (non-hydrogen) atoms. The van der Waals surface area contributed by atoms with E-state index >= 15 is 0 Å². The average Bonchev–Trinajstić information content (AvgIpc) is 3.52. The second-order valence-electron chi connectivity index (χ2n) is 10.6. The van der Waals surface area contributed by atoms with Crippen molar-refractivity contribution in [2.75, 3.05) is 17.2 Å². The van der Waals surface area contributed by atoms with Gasteiger partial charge in [0.2, 0.25) is 17.7 Å². The number of halogens is 1. The van der Waals surface area contributed by atoms with Crippen molar-refractivity contribution in [1.82, 2.24) is 4.90 Å². The molecule has 7 nitrogen and oxygen atoms in total.